The van der Waals surface area contributed by atoms with Crippen molar-refractivity contribution in [1.82, 2.24) is 103 Å². The Kier molecular flexibility index (Phi) is 39.8. The summed E-state index contributed by atoms with van der Waals surface area (Å²) in [4.78, 5) is 257. The highest BCUT2D eigenvalue weighted by Gasteiger charge is 2.47. The van der Waals surface area contributed by atoms with Crippen LogP contribution in [0.2, 0.25) is 0 Å². The van der Waals surface area contributed by atoms with Gasteiger partial charge >= 0.3 is 0 Å². The third-order valence-electron chi connectivity index (χ3n) is 24.6. The zero-order chi connectivity index (χ0) is 99.3. The van der Waals surface area contributed by atoms with Crippen molar-refractivity contribution in [2.24, 2.45) is 29.0 Å². The molecule has 3 saturated heterocycles. The van der Waals surface area contributed by atoms with Crippen molar-refractivity contribution in [3.63, 3.8) is 0 Å². The van der Waals surface area contributed by atoms with Gasteiger partial charge in [0.25, 0.3) is 5.91 Å². The van der Waals surface area contributed by atoms with E-state index in [4.69, 9.17) is 28.5 Å². The van der Waals surface area contributed by atoms with E-state index in [1.165, 1.54) is 69.8 Å². The van der Waals surface area contributed by atoms with Crippen molar-refractivity contribution in [2.45, 2.75) is 234 Å². The molecule has 25 N–H and O–H groups in total. The first-order chi connectivity index (χ1) is 64.9. The fourth-order valence-corrected chi connectivity index (χ4v) is 17.8. The number of hydrogen-bond acceptors (Lipinski definition) is 24. The zero-order valence-electron chi connectivity index (χ0n) is 77.9. The van der Waals surface area contributed by atoms with Gasteiger partial charge in [-0.2, -0.15) is 0 Å². The number of hydrazine groups is 1. The van der Waals surface area contributed by atoms with Gasteiger partial charge in [0, 0.05) is 119 Å². The van der Waals surface area contributed by atoms with Gasteiger partial charge in [-0.05, 0) is 112 Å². The molecule has 3 aliphatic rings. The number of carbonyl (C=O) groups is 16. The quantitative estimate of drug-likeness (QED) is 0.00853. The summed E-state index contributed by atoms with van der Waals surface area (Å²) in [5.74, 6) is -9.61. The van der Waals surface area contributed by atoms with Crippen LogP contribution in [0.5, 0.6) is 5.75 Å². The van der Waals surface area contributed by atoms with E-state index in [9.17, 15) is 53.7 Å². The molecule has 136 heavy (non-hydrogen) atoms. The predicted molar refractivity (Wildman–Crippen MR) is 503 cm³/mol. The number of nitrogens with one attached hydrogen (secondary N) is 14. The Bertz CT molecular complexity index is 5190. The summed E-state index contributed by atoms with van der Waals surface area (Å²) in [5.41, 5.74) is 20.1. The SMILES string of the molecule is CCCC[C@H]1C(=O)N[C@@H](CCCNC(=N)N)C(=O)N[C@H](C(=O)NCC(N)=O)CSCC(=O)N[C@@H](Cc2ccc(O)cc2)C(=O)N(C)[C@@H](C)C(=O)N[C@@H](CCN)C(=O)N2CCC[C@H]2C(=O)N[C@@H](Cc2c[nH]cn2)C(=O)N[C@@H](CC(C)C)C(=O)N2C[C@H](O)C[C@H]2C(=O)N[C@@H](Cc2c[nH]c3ccccc23)C(=O)N[C@@H](CO)C(=O)N(N)[C@@H](Cc2c[nH]c3ccccc23)C(=O)N(C)[C@@H](CCCC)C(=O)N1C. The number of thioether (sulfide) groups is 1. The van der Waals surface area contributed by atoms with Crippen LogP contribution in [0.3, 0.4) is 0 Å². The van der Waals surface area contributed by atoms with Crippen LogP contribution in [0.15, 0.2) is 97.7 Å². The van der Waals surface area contributed by atoms with Crippen LogP contribution in [-0.4, -0.2) is 328 Å². The Labute approximate surface area is 791 Å². The lowest BCUT2D eigenvalue weighted by Crippen LogP contribution is -2.64. The first kappa shape index (κ1) is 106. The molecular formula is C91H131N25O19S. The number of fused-ring (bicyclic) bond motifs is 4. The van der Waals surface area contributed by atoms with Crippen LogP contribution in [0, 0.1) is 11.3 Å². The molecule has 0 spiro atoms. The van der Waals surface area contributed by atoms with E-state index in [2.05, 4.69) is 73.1 Å². The number of nitrogens with zero attached hydrogens (tertiary/aromatic N) is 7. The number of para-hydroxylation sites is 2. The van der Waals surface area contributed by atoms with Gasteiger partial charge in [0.05, 0.1) is 37.0 Å². The number of aliphatic hydroxyl groups is 2. The lowest BCUT2D eigenvalue weighted by atomic mass is 9.99. The molecule has 0 unspecified atom stereocenters. The number of aromatic nitrogens is 4. The number of aromatic amines is 3. The molecule has 0 radical (unpaired) electrons. The number of amides is 16. The fourth-order valence-electron chi connectivity index (χ4n) is 16.9. The van der Waals surface area contributed by atoms with Gasteiger partial charge in [-0.3, -0.25) is 87.1 Å². The molecule has 44 nitrogen and oxygen atoms in total. The van der Waals surface area contributed by atoms with E-state index < -0.39 is 229 Å². The summed E-state index contributed by atoms with van der Waals surface area (Å²) in [5, 5.41) is 69.3. The van der Waals surface area contributed by atoms with Gasteiger partial charge < -0.3 is 125 Å². The molecule has 16 amide bonds. The molecule has 45 heteroatoms. The van der Waals surface area contributed by atoms with E-state index >= 15 is 38.4 Å². The Balaban J connectivity index is 1.11. The Morgan fingerprint density at radius 2 is 1.14 bits per heavy atom. The van der Waals surface area contributed by atoms with E-state index in [1.807, 2.05) is 13.8 Å². The number of carbonyl (C=O) groups excluding carboxylic acids is 16. The second-order valence-electron chi connectivity index (χ2n) is 35.1. The van der Waals surface area contributed by atoms with E-state index in [0.717, 1.165) is 31.4 Å². The molecule has 0 aliphatic carbocycles. The maximum Gasteiger partial charge on any atom is 0.262 e. The number of phenolic OH excluding ortho intramolecular Hbond substituents is 1. The number of hydrogen-bond donors (Lipinski definition) is 21. The molecule has 9 rings (SSSR count). The first-order valence-corrected chi connectivity index (χ1v) is 47.0. The Morgan fingerprint density at radius 3 is 1.74 bits per heavy atom. The third-order valence-corrected chi connectivity index (χ3v) is 25.6. The standard InChI is InChI=1S/C91H131N25O19S/c1-9-11-24-70-82(127)104-62(23-17-33-98-91(94)95)79(124)110-69(78(123)101-44-75(93)120)47-136-48-76(121)103-67(36-52-27-29-56(118)30-28-52)85(130)111(6)51(5)77(122)105-63(31-32-92)86(131)114-34-18-26-71(114)83(128)107-65(39-55-43-97-49-102-55)81(126)108-66(35-50(3)4)87(132)115-45-57(119)40-73(115)84(129)106-64(37-53-41-99-60-21-15-13-19-58(53)60)80(125)109-68(46-117)88(133)116(96)74(38-54-42-100-61-22-16-14-20-59(54)61)90(135)113(8)72(25-12-10-2)89(134)112(70)7/h13-16,19-22,27-30,41-43,49-51,57,62-74,99-100,117-119H,9-12,17-18,23-26,31-40,44-48,92,96H2,1-8H3,(H2,93,120)(H,97,102)(H,101,123)(H,103,121)(H,104,127)(H,105,122)(H,106,129)(H,107,128)(H,108,126)(H,109,125)(H,110,124)(H4,94,95,98)/t51-,57+,62-,63-,64-,65-,66-,67-,68-,69-,70-,71-,72-,73-,74-/m0/s1. The van der Waals surface area contributed by atoms with Crippen LogP contribution in [-0.2, 0) is 102 Å². The number of rotatable bonds is 26. The summed E-state index contributed by atoms with van der Waals surface area (Å²) in [6, 6.07) is -1.87. The summed E-state index contributed by atoms with van der Waals surface area (Å²) in [6.07, 6.45) is 4.43. The van der Waals surface area contributed by atoms with Gasteiger partial charge in [0.15, 0.2) is 5.96 Å². The molecule has 3 fully saturated rings. The molecule has 0 saturated carbocycles. The normalized spacial score (nSPS) is 24.8. The monoisotopic (exact) mass is 1910 g/mol. The van der Waals surface area contributed by atoms with Gasteiger partial charge in [0.2, 0.25) is 88.6 Å². The predicted octanol–water partition coefficient (Wildman–Crippen LogP) is -2.87. The van der Waals surface area contributed by atoms with Crippen LogP contribution in [0.4, 0.5) is 0 Å². The maximum atomic E-state index is 15.9. The van der Waals surface area contributed by atoms with Crippen molar-refractivity contribution in [3.05, 3.63) is 120 Å². The molecular weight excluding hydrogens is 1780 g/mol. The highest BCUT2D eigenvalue weighted by atomic mass is 32.2. The summed E-state index contributed by atoms with van der Waals surface area (Å²) in [6.45, 7) is 6.00. The number of benzene rings is 3. The van der Waals surface area contributed by atoms with E-state index in [1.54, 1.807) is 74.8 Å². The Morgan fingerprint density at radius 1 is 0.574 bits per heavy atom. The number of aliphatic hydroxyl groups excluding tert-OH is 2. The summed E-state index contributed by atoms with van der Waals surface area (Å²) >= 11 is 0.782. The minimum Gasteiger partial charge on any atom is -0.508 e. The van der Waals surface area contributed by atoms with Gasteiger partial charge in [-0.25, -0.2) is 10.8 Å². The third kappa shape index (κ3) is 28.9. The number of aromatic hydroxyl groups is 1. The fraction of sp³-hybridized carbons (Fsp3) is 0.538. The Hall–Kier alpha value is -13.3. The van der Waals surface area contributed by atoms with Crippen LogP contribution >= 0.6 is 11.8 Å². The molecule has 3 aromatic heterocycles. The number of unbranched alkanes of at least 4 members (excludes halogenated alkanes) is 2. The number of primary amides is 1. The topological polar surface area (TPSA) is 662 Å². The molecule has 3 aliphatic heterocycles. The molecule has 15 atom stereocenters. The number of imidazole rings is 1. The molecule has 740 valence electrons. The van der Waals surface area contributed by atoms with Gasteiger partial charge in [0.1, 0.15) is 90.3 Å². The molecule has 3 aromatic carbocycles. The van der Waals surface area contributed by atoms with Crippen molar-refractivity contribution in [1.29, 1.82) is 5.41 Å². The minimum absolute atomic E-state index is 0.0125. The highest BCUT2D eigenvalue weighted by molar-refractivity contribution is 8.00. The molecule has 6 aromatic rings. The lowest BCUT2D eigenvalue weighted by Gasteiger charge is -2.38. The summed E-state index contributed by atoms with van der Waals surface area (Å²) in [7, 11) is 3.93. The van der Waals surface area contributed by atoms with Crippen molar-refractivity contribution < 1.29 is 92.0 Å². The average Bonchev–Trinajstić information content (AvgIpc) is 1.03. The first-order valence-electron chi connectivity index (χ1n) is 45.8. The number of likely N-dealkylation sites (N-methyl/N-ethyl adjacent to an activating group) is 3. The second kappa shape index (κ2) is 50.9. The maximum absolute atomic E-state index is 15.9. The van der Waals surface area contributed by atoms with Gasteiger partial charge in [-0.15, -0.1) is 11.8 Å². The summed E-state index contributed by atoms with van der Waals surface area (Å²) < 4.78 is 0. The van der Waals surface area contributed by atoms with Crippen molar-refractivity contribution in [2.75, 3.05) is 72.0 Å². The largest absolute Gasteiger partial charge is 0.508 e. The van der Waals surface area contributed by atoms with E-state index in [0.29, 0.717) is 69.2 Å². The number of phenols is 1. The van der Waals surface area contributed by atoms with Crippen LogP contribution < -0.4 is 76.2 Å². The van der Waals surface area contributed by atoms with Crippen LogP contribution in [0.1, 0.15) is 140 Å². The number of nitrogens with two attached hydrogens (primary N) is 4. The zero-order valence-corrected chi connectivity index (χ0v) is 78.7. The lowest BCUT2D eigenvalue weighted by molar-refractivity contribution is -0.154. The number of guanidine groups is 1. The smallest absolute Gasteiger partial charge is 0.262 e. The second-order valence-corrected chi connectivity index (χ2v) is 36.1. The number of H-pyrrole nitrogens is 3. The van der Waals surface area contributed by atoms with Gasteiger partial charge in [-0.1, -0.05) is 102 Å². The van der Waals surface area contributed by atoms with E-state index in [-0.39, 0.29) is 114 Å². The van der Waals surface area contributed by atoms with Crippen molar-refractivity contribution >= 4 is 134 Å². The average molecular weight is 1910 g/mol. The molecule has 6 heterocycles. The van der Waals surface area contributed by atoms with Crippen molar-refractivity contribution in [3.8, 4) is 5.75 Å². The minimum atomic E-state index is -1.99. The highest BCUT2D eigenvalue weighted by Crippen LogP contribution is 2.29. The molecule has 0 bridgehead atoms. The van der Waals surface area contributed by atoms with Crippen LogP contribution in [0.25, 0.3) is 21.8 Å².